The number of ketones is 1. The number of amides is 1. The van der Waals surface area contributed by atoms with Gasteiger partial charge in [-0.25, -0.2) is 0 Å². The van der Waals surface area contributed by atoms with Gasteiger partial charge in [0.25, 0.3) is 0 Å². The molecule has 2 rings (SSSR count). The molecule has 96 valence electrons. The van der Waals surface area contributed by atoms with Crippen LogP contribution in [0, 0.1) is 0 Å². The number of anilines is 1. The van der Waals surface area contributed by atoms with Gasteiger partial charge in [0.15, 0.2) is 5.78 Å². The van der Waals surface area contributed by atoms with Gasteiger partial charge in [0, 0.05) is 11.8 Å². The van der Waals surface area contributed by atoms with Crippen molar-refractivity contribution in [2.45, 2.75) is 12.8 Å². The van der Waals surface area contributed by atoms with Crippen LogP contribution in [0.1, 0.15) is 6.42 Å². The number of hydrogen-bond donors (Lipinski definition) is 0. The van der Waals surface area contributed by atoms with Gasteiger partial charge in [0.2, 0.25) is 5.91 Å². The van der Waals surface area contributed by atoms with Crippen LogP contribution in [0.2, 0.25) is 0 Å². The van der Waals surface area contributed by atoms with Crippen LogP contribution in [0.25, 0.3) is 0 Å². The van der Waals surface area contributed by atoms with Crippen molar-refractivity contribution in [1.82, 2.24) is 0 Å². The first-order valence-electron chi connectivity index (χ1n) is 5.03. The Labute approximate surface area is 99.9 Å². The number of carbonyl (C=O) groups is 2. The topological polar surface area (TPSA) is 46.6 Å². The Morgan fingerprint density at radius 3 is 2.50 bits per heavy atom. The van der Waals surface area contributed by atoms with Crippen molar-refractivity contribution in [2.24, 2.45) is 0 Å². The second kappa shape index (κ2) is 4.32. The van der Waals surface area contributed by atoms with Crippen molar-refractivity contribution >= 4 is 17.4 Å². The zero-order chi connectivity index (χ0) is 13.3. The number of ether oxygens (including phenoxy) is 1. The number of carbonyl (C=O) groups excluding carboxylic acids is 2. The van der Waals surface area contributed by atoms with Crippen molar-refractivity contribution < 1.29 is 27.5 Å². The van der Waals surface area contributed by atoms with E-state index in [1.165, 1.54) is 12.1 Å². The Kier molecular flexibility index (Phi) is 2.98. The van der Waals surface area contributed by atoms with Gasteiger partial charge in [0.1, 0.15) is 5.75 Å². The van der Waals surface area contributed by atoms with E-state index < -0.39 is 18.0 Å². The Bertz CT molecular complexity index is 499. The van der Waals surface area contributed by atoms with Crippen LogP contribution in [0.4, 0.5) is 18.9 Å². The van der Waals surface area contributed by atoms with Crippen LogP contribution < -0.4 is 9.64 Å². The number of rotatable bonds is 2. The highest BCUT2D eigenvalue weighted by Gasteiger charge is 2.32. The lowest BCUT2D eigenvalue weighted by Crippen LogP contribution is -2.24. The standard InChI is InChI=1S/C11H8F3NO3/c12-11(13,14)18-9-3-1-2-7(4-9)15-6-8(16)5-10(15)17/h1-4H,5-6H2. The summed E-state index contributed by atoms with van der Waals surface area (Å²) in [5.74, 6) is -1.11. The lowest BCUT2D eigenvalue weighted by molar-refractivity contribution is -0.274. The molecular formula is C11H8F3NO3. The predicted molar refractivity (Wildman–Crippen MR) is 55.1 cm³/mol. The molecular weight excluding hydrogens is 251 g/mol. The van der Waals surface area contributed by atoms with Crippen LogP contribution in [-0.4, -0.2) is 24.6 Å². The second-order valence-corrected chi connectivity index (χ2v) is 3.74. The smallest absolute Gasteiger partial charge is 0.406 e. The van der Waals surface area contributed by atoms with E-state index >= 15 is 0 Å². The molecule has 1 heterocycles. The summed E-state index contributed by atoms with van der Waals surface area (Å²) in [4.78, 5) is 23.6. The lowest BCUT2D eigenvalue weighted by Gasteiger charge is -2.16. The molecule has 0 saturated carbocycles. The van der Waals surface area contributed by atoms with E-state index in [2.05, 4.69) is 4.74 Å². The Hall–Kier alpha value is -2.05. The normalized spacial score (nSPS) is 16.3. The maximum atomic E-state index is 12.0. The van der Waals surface area contributed by atoms with Crippen molar-refractivity contribution in [2.75, 3.05) is 11.4 Å². The summed E-state index contributed by atoms with van der Waals surface area (Å²) in [6.45, 7) is -0.117. The number of alkyl halides is 3. The third-order valence-corrected chi connectivity index (χ3v) is 2.35. The Balaban J connectivity index is 2.22. The van der Waals surface area contributed by atoms with Crippen molar-refractivity contribution in [3.8, 4) is 5.75 Å². The molecule has 0 N–H and O–H groups in total. The summed E-state index contributed by atoms with van der Waals surface area (Å²) in [6, 6.07) is 4.97. The van der Waals surface area contributed by atoms with Gasteiger partial charge in [-0.15, -0.1) is 13.2 Å². The average molecular weight is 259 g/mol. The second-order valence-electron chi connectivity index (χ2n) is 3.74. The van der Waals surface area contributed by atoms with Gasteiger partial charge in [-0.1, -0.05) is 6.07 Å². The van der Waals surface area contributed by atoms with E-state index in [-0.39, 0.29) is 24.4 Å². The summed E-state index contributed by atoms with van der Waals surface area (Å²) in [5.41, 5.74) is 0.215. The zero-order valence-corrected chi connectivity index (χ0v) is 9.03. The molecule has 0 bridgehead atoms. The molecule has 0 atom stereocenters. The van der Waals surface area contributed by atoms with Crippen LogP contribution in [0.3, 0.4) is 0 Å². The third-order valence-electron chi connectivity index (χ3n) is 2.35. The van der Waals surface area contributed by atoms with Gasteiger partial charge in [-0.2, -0.15) is 0 Å². The summed E-state index contributed by atoms with van der Waals surface area (Å²) in [6.07, 6.45) is -5.01. The highest BCUT2D eigenvalue weighted by atomic mass is 19.4. The largest absolute Gasteiger partial charge is 0.573 e. The lowest BCUT2D eigenvalue weighted by atomic mass is 10.3. The van der Waals surface area contributed by atoms with E-state index in [4.69, 9.17) is 0 Å². The molecule has 1 fully saturated rings. The van der Waals surface area contributed by atoms with E-state index in [0.29, 0.717) is 0 Å². The van der Waals surface area contributed by atoms with E-state index in [1.807, 2.05) is 0 Å². The molecule has 1 amide bonds. The maximum absolute atomic E-state index is 12.0. The molecule has 0 unspecified atom stereocenters. The van der Waals surface area contributed by atoms with Gasteiger partial charge < -0.3 is 9.64 Å². The molecule has 1 saturated heterocycles. The number of hydrogen-bond acceptors (Lipinski definition) is 3. The SMILES string of the molecule is O=C1CC(=O)N(c2cccc(OC(F)(F)F)c2)C1. The summed E-state index contributed by atoms with van der Waals surface area (Å²) in [5, 5.41) is 0. The fourth-order valence-electron chi connectivity index (χ4n) is 1.67. The molecule has 1 aromatic rings. The monoisotopic (exact) mass is 259 g/mol. The number of benzene rings is 1. The minimum atomic E-state index is -4.79. The van der Waals surface area contributed by atoms with Crippen LogP contribution in [0.5, 0.6) is 5.75 Å². The van der Waals surface area contributed by atoms with Gasteiger partial charge in [0.05, 0.1) is 13.0 Å². The molecule has 7 heteroatoms. The zero-order valence-electron chi connectivity index (χ0n) is 9.03. The van der Waals surface area contributed by atoms with Gasteiger partial charge in [-0.05, 0) is 12.1 Å². The molecule has 4 nitrogen and oxygen atoms in total. The molecule has 0 aromatic heterocycles. The molecule has 1 aliphatic rings. The van der Waals surface area contributed by atoms with E-state index in [0.717, 1.165) is 17.0 Å². The maximum Gasteiger partial charge on any atom is 0.573 e. The molecule has 0 spiro atoms. The van der Waals surface area contributed by atoms with Crippen molar-refractivity contribution in [3.63, 3.8) is 0 Å². The van der Waals surface area contributed by atoms with Crippen molar-refractivity contribution in [1.29, 1.82) is 0 Å². The predicted octanol–water partition coefficient (Wildman–Crippen LogP) is 1.89. The minimum Gasteiger partial charge on any atom is -0.406 e. The van der Waals surface area contributed by atoms with Crippen molar-refractivity contribution in [3.05, 3.63) is 24.3 Å². The summed E-state index contributed by atoms with van der Waals surface area (Å²) in [7, 11) is 0. The average Bonchev–Trinajstić information content (AvgIpc) is 2.55. The number of Topliss-reactive ketones (excluding diaryl/α,β-unsaturated/α-hetero) is 1. The highest BCUT2D eigenvalue weighted by molar-refractivity contribution is 6.15. The number of nitrogens with zero attached hydrogens (tertiary/aromatic N) is 1. The van der Waals surface area contributed by atoms with Crippen LogP contribution >= 0.6 is 0 Å². The highest BCUT2D eigenvalue weighted by Crippen LogP contribution is 2.28. The first-order chi connectivity index (χ1) is 8.35. The van der Waals surface area contributed by atoms with Gasteiger partial charge in [-0.3, -0.25) is 9.59 Å². The third kappa shape index (κ3) is 2.79. The fraction of sp³-hybridized carbons (Fsp3) is 0.273. The Morgan fingerprint density at radius 1 is 1.22 bits per heavy atom. The molecule has 0 radical (unpaired) electrons. The molecule has 18 heavy (non-hydrogen) atoms. The van der Waals surface area contributed by atoms with Crippen LogP contribution in [0.15, 0.2) is 24.3 Å². The molecule has 1 aliphatic heterocycles. The number of halogens is 3. The van der Waals surface area contributed by atoms with Crippen LogP contribution in [-0.2, 0) is 9.59 Å². The first kappa shape index (κ1) is 12.4. The fourth-order valence-corrected chi connectivity index (χ4v) is 1.67. The summed E-state index contributed by atoms with van der Waals surface area (Å²) < 4.78 is 39.8. The minimum absolute atomic E-state index is 0.117. The quantitative estimate of drug-likeness (QED) is 0.762. The molecule has 1 aromatic carbocycles. The first-order valence-corrected chi connectivity index (χ1v) is 5.03. The molecule has 0 aliphatic carbocycles. The summed E-state index contributed by atoms with van der Waals surface area (Å²) >= 11 is 0. The Morgan fingerprint density at radius 2 is 1.94 bits per heavy atom. The van der Waals surface area contributed by atoms with E-state index in [1.54, 1.807) is 0 Å². The van der Waals surface area contributed by atoms with E-state index in [9.17, 15) is 22.8 Å². The van der Waals surface area contributed by atoms with Gasteiger partial charge >= 0.3 is 6.36 Å².